The van der Waals surface area contributed by atoms with Crippen LogP contribution in [-0.4, -0.2) is 18.7 Å². The van der Waals surface area contributed by atoms with Crippen molar-refractivity contribution in [3.05, 3.63) is 64.2 Å². The minimum absolute atomic E-state index is 0.128. The van der Waals surface area contributed by atoms with Gasteiger partial charge in [0.25, 0.3) is 0 Å². The highest BCUT2D eigenvalue weighted by atomic mass is 35.5. The fourth-order valence-electron chi connectivity index (χ4n) is 2.15. The second-order valence-electron chi connectivity index (χ2n) is 5.51. The van der Waals surface area contributed by atoms with Crippen molar-refractivity contribution in [3.8, 4) is 5.75 Å². The summed E-state index contributed by atoms with van der Waals surface area (Å²) in [4.78, 5) is 11.7. The molecule has 0 radical (unpaired) electrons. The Bertz CT molecular complexity index is 729. The van der Waals surface area contributed by atoms with E-state index in [0.717, 1.165) is 22.4 Å². The molecule has 0 saturated heterocycles. The van der Waals surface area contributed by atoms with Gasteiger partial charge in [-0.25, -0.2) is 5.43 Å². The smallest absolute Gasteiger partial charge is 0.240 e. The predicted molar refractivity (Wildman–Crippen MR) is 97.8 cm³/mol. The van der Waals surface area contributed by atoms with Crippen molar-refractivity contribution >= 4 is 23.7 Å². The van der Waals surface area contributed by atoms with E-state index >= 15 is 0 Å². The summed E-state index contributed by atoms with van der Waals surface area (Å²) in [5.41, 5.74) is 5.61. The van der Waals surface area contributed by atoms with Crippen LogP contribution in [0.25, 0.3) is 0 Å². The number of hydrogen-bond donors (Lipinski definition) is 1. The van der Waals surface area contributed by atoms with Crippen LogP contribution in [0.5, 0.6) is 5.75 Å². The zero-order chi connectivity index (χ0) is 17.4. The maximum atomic E-state index is 11.7. The van der Waals surface area contributed by atoms with Crippen LogP contribution in [0.4, 0.5) is 0 Å². The van der Waals surface area contributed by atoms with E-state index in [1.807, 2.05) is 50.2 Å². The molecule has 4 nitrogen and oxygen atoms in total. The maximum Gasteiger partial charge on any atom is 0.240 e. The Hall–Kier alpha value is -2.33. The highest BCUT2D eigenvalue weighted by Crippen LogP contribution is 2.21. The van der Waals surface area contributed by atoms with E-state index in [4.69, 9.17) is 16.3 Å². The second kappa shape index (κ2) is 9.08. The standard InChI is InChI=1S/C19H21ClN2O2/c1-14-6-3-4-7-16(14)13-21-22-19(23)8-5-11-24-18-10-9-17(20)12-15(18)2/h3-4,6-7,9-10,12-13H,5,8,11H2,1-2H3,(H,22,23)/b21-13+. The largest absolute Gasteiger partial charge is 0.493 e. The summed E-state index contributed by atoms with van der Waals surface area (Å²) in [5, 5.41) is 4.67. The lowest BCUT2D eigenvalue weighted by atomic mass is 10.1. The highest BCUT2D eigenvalue weighted by molar-refractivity contribution is 6.30. The molecule has 0 heterocycles. The molecule has 0 aliphatic carbocycles. The van der Waals surface area contributed by atoms with Crippen molar-refractivity contribution in [3.63, 3.8) is 0 Å². The molecule has 2 aromatic carbocycles. The molecule has 2 aromatic rings. The van der Waals surface area contributed by atoms with Gasteiger partial charge in [0.2, 0.25) is 5.91 Å². The zero-order valence-corrected chi connectivity index (χ0v) is 14.6. The number of benzene rings is 2. The summed E-state index contributed by atoms with van der Waals surface area (Å²) in [6.45, 7) is 4.41. The number of hydrazone groups is 1. The Balaban J connectivity index is 1.69. The first-order valence-electron chi connectivity index (χ1n) is 7.83. The molecule has 0 aromatic heterocycles. The summed E-state index contributed by atoms with van der Waals surface area (Å²) < 4.78 is 5.65. The zero-order valence-electron chi connectivity index (χ0n) is 13.9. The van der Waals surface area contributed by atoms with Crippen molar-refractivity contribution in [2.24, 2.45) is 5.10 Å². The van der Waals surface area contributed by atoms with Crippen LogP contribution in [0.3, 0.4) is 0 Å². The summed E-state index contributed by atoms with van der Waals surface area (Å²) in [7, 11) is 0. The van der Waals surface area contributed by atoms with E-state index in [9.17, 15) is 4.79 Å². The summed E-state index contributed by atoms with van der Waals surface area (Å²) in [6.07, 6.45) is 2.63. The van der Waals surface area contributed by atoms with Crippen molar-refractivity contribution in [2.75, 3.05) is 6.61 Å². The van der Waals surface area contributed by atoms with Crippen LogP contribution in [0.2, 0.25) is 5.02 Å². The van der Waals surface area contributed by atoms with Crippen LogP contribution in [0.1, 0.15) is 29.5 Å². The molecule has 0 saturated carbocycles. The Morgan fingerprint density at radius 2 is 2.00 bits per heavy atom. The Morgan fingerprint density at radius 3 is 2.75 bits per heavy atom. The highest BCUT2D eigenvalue weighted by Gasteiger charge is 2.03. The predicted octanol–water partition coefficient (Wildman–Crippen LogP) is 4.27. The molecule has 2 rings (SSSR count). The lowest BCUT2D eigenvalue weighted by molar-refractivity contribution is -0.121. The fraction of sp³-hybridized carbons (Fsp3) is 0.263. The van der Waals surface area contributed by atoms with E-state index in [2.05, 4.69) is 10.5 Å². The van der Waals surface area contributed by atoms with Crippen LogP contribution in [0.15, 0.2) is 47.6 Å². The number of aryl methyl sites for hydroxylation is 2. The normalized spacial score (nSPS) is 10.8. The molecule has 0 bridgehead atoms. The van der Waals surface area contributed by atoms with Crippen LogP contribution in [-0.2, 0) is 4.79 Å². The molecule has 0 unspecified atom stereocenters. The van der Waals surface area contributed by atoms with E-state index in [-0.39, 0.29) is 5.91 Å². The van der Waals surface area contributed by atoms with Crippen molar-refractivity contribution < 1.29 is 9.53 Å². The summed E-state index contributed by atoms with van der Waals surface area (Å²) >= 11 is 5.90. The van der Waals surface area contributed by atoms with Crippen LogP contribution < -0.4 is 10.2 Å². The number of hydrogen-bond acceptors (Lipinski definition) is 3. The molecule has 0 fully saturated rings. The number of nitrogens with one attached hydrogen (secondary N) is 1. The molecule has 24 heavy (non-hydrogen) atoms. The molecular formula is C19H21ClN2O2. The number of amides is 1. The van der Waals surface area contributed by atoms with Gasteiger partial charge in [0.15, 0.2) is 0 Å². The number of carbonyl (C=O) groups is 1. The molecule has 1 N–H and O–H groups in total. The van der Waals surface area contributed by atoms with Crippen LogP contribution >= 0.6 is 11.6 Å². The Morgan fingerprint density at radius 1 is 1.21 bits per heavy atom. The SMILES string of the molecule is Cc1ccccc1/C=N/NC(=O)CCCOc1ccc(Cl)cc1C. The first kappa shape index (κ1) is 18.0. The minimum atomic E-state index is -0.128. The van der Waals surface area contributed by atoms with Crippen LogP contribution in [0, 0.1) is 13.8 Å². The quantitative estimate of drug-likeness (QED) is 0.463. The first-order valence-corrected chi connectivity index (χ1v) is 8.20. The number of halogens is 1. The van der Waals surface area contributed by atoms with E-state index < -0.39 is 0 Å². The molecule has 0 spiro atoms. The van der Waals surface area contributed by atoms with Crippen molar-refractivity contribution in [2.45, 2.75) is 26.7 Å². The average Bonchev–Trinajstić information content (AvgIpc) is 2.55. The molecule has 0 aliphatic heterocycles. The van der Waals surface area contributed by atoms with Gasteiger partial charge in [-0.05, 0) is 55.2 Å². The van der Waals surface area contributed by atoms with Gasteiger partial charge in [-0.2, -0.15) is 5.10 Å². The topological polar surface area (TPSA) is 50.7 Å². The third-order valence-electron chi connectivity index (χ3n) is 3.52. The third kappa shape index (κ3) is 5.70. The van der Waals surface area contributed by atoms with Gasteiger partial charge in [0.05, 0.1) is 12.8 Å². The second-order valence-corrected chi connectivity index (χ2v) is 5.95. The van der Waals surface area contributed by atoms with E-state index in [1.165, 1.54) is 0 Å². The van der Waals surface area contributed by atoms with Gasteiger partial charge in [0, 0.05) is 11.4 Å². The van der Waals surface area contributed by atoms with Gasteiger partial charge < -0.3 is 4.74 Å². The number of nitrogens with zero attached hydrogens (tertiary/aromatic N) is 1. The number of carbonyl (C=O) groups excluding carboxylic acids is 1. The number of rotatable bonds is 7. The summed E-state index contributed by atoms with van der Waals surface area (Å²) in [6, 6.07) is 13.3. The average molecular weight is 345 g/mol. The molecular weight excluding hydrogens is 324 g/mol. The molecule has 1 amide bonds. The van der Waals surface area contributed by atoms with Gasteiger partial charge >= 0.3 is 0 Å². The third-order valence-corrected chi connectivity index (χ3v) is 3.76. The minimum Gasteiger partial charge on any atom is -0.493 e. The molecule has 5 heteroatoms. The molecule has 126 valence electrons. The van der Waals surface area contributed by atoms with Gasteiger partial charge in [-0.3, -0.25) is 4.79 Å². The lowest BCUT2D eigenvalue weighted by Crippen LogP contribution is -2.18. The summed E-state index contributed by atoms with van der Waals surface area (Å²) in [5.74, 6) is 0.661. The van der Waals surface area contributed by atoms with Crippen molar-refractivity contribution in [1.82, 2.24) is 5.43 Å². The fourth-order valence-corrected chi connectivity index (χ4v) is 2.38. The number of ether oxygens (including phenoxy) is 1. The first-order chi connectivity index (χ1) is 11.6. The van der Waals surface area contributed by atoms with Gasteiger partial charge in [-0.15, -0.1) is 0 Å². The Kier molecular flexibility index (Phi) is 6.82. The lowest BCUT2D eigenvalue weighted by Gasteiger charge is -2.08. The van der Waals surface area contributed by atoms with E-state index in [1.54, 1.807) is 12.3 Å². The van der Waals surface area contributed by atoms with Gasteiger partial charge in [-0.1, -0.05) is 35.9 Å². The van der Waals surface area contributed by atoms with Gasteiger partial charge in [0.1, 0.15) is 5.75 Å². The Labute approximate surface area is 147 Å². The molecule has 0 atom stereocenters. The van der Waals surface area contributed by atoms with Crippen molar-refractivity contribution in [1.29, 1.82) is 0 Å². The van der Waals surface area contributed by atoms with E-state index in [0.29, 0.717) is 24.5 Å². The molecule has 0 aliphatic rings. The monoisotopic (exact) mass is 344 g/mol. The maximum absolute atomic E-state index is 11.7.